The normalized spacial score (nSPS) is 29.2. The highest BCUT2D eigenvalue weighted by Crippen LogP contribution is 2.49. The average Bonchev–Trinajstić information content (AvgIpc) is 2.43. The van der Waals surface area contributed by atoms with E-state index in [9.17, 15) is 0 Å². The molecule has 0 saturated carbocycles. The lowest BCUT2D eigenvalue weighted by atomic mass is 9.74. The summed E-state index contributed by atoms with van der Waals surface area (Å²) in [5.41, 5.74) is 3.08. The monoisotopic (exact) mass is 234 g/mol. The van der Waals surface area contributed by atoms with Crippen molar-refractivity contribution in [1.82, 2.24) is 0 Å². The Morgan fingerprint density at radius 1 is 1.25 bits per heavy atom. The van der Waals surface area contributed by atoms with Crippen LogP contribution in [0.1, 0.15) is 26.7 Å². The minimum absolute atomic E-state index is 0.153. The third-order valence-corrected chi connectivity index (χ3v) is 4.26. The Labute approximate surface area is 100 Å². The van der Waals surface area contributed by atoms with Gasteiger partial charge in [0.2, 0.25) is 8.32 Å². The molecule has 0 bridgehead atoms. The van der Waals surface area contributed by atoms with Crippen LogP contribution in [0, 0.1) is 5.41 Å². The van der Waals surface area contributed by atoms with Gasteiger partial charge in [0.05, 0.1) is 5.76 Å². The van der Waals surface area contributed by atoms with Crippen LogP contribution in [0.15, 0.2) is 35.1 Å². The summed E-state index contributed by atoms with van der Waals surface area (Å²) in [6.07, 6.45) is 9.14. The van der Waals surface area contributed by atoms with Crippen molar-refractivity contribution in [3.8, 4) is 0 Å². The van der Waals surface area contributed by atoms with Crippen molar-refractivity contribution >= 4 is 8.32 Å². The van der Waals surface area contributed by atoms with Gasteiger partial charge in [-0.15, -0.1) is 0 Å². The molecule has 2 heteroatoms. The predicted molar refractivity (Wildman–Crippen MR) is 71.7 cm³/mol. The van der Waals surface area contributed by atoms with E-state index in [0.29, 0.717) is 0 Å². The van der Waals surface area contributed by atoms with E-state index >= 15 is 0 Å². The number of hydrogen-bond acceptors (Lipinski definition) is 1. The van der Waals surface area contributed by atoms with Crippen LogP contribution in [0.5, 0.6) is 0 Å². The van der Waals surface area contributed by atoms with Gasteiger partial charge in [-0.25, -0.2) is 0 Å². The van der Waals surface area contributed by atoms with Crippen molar-refractivity contribution in [3.63, 3.8) is 0 Å². The predicted octanol–water partition coefficient (Wildman–Crippen LogP) is 4.41. The smallest absolute Gasteiger partial charge is 0.241 e. The summed E-state index contributed by atoms with van der Waals surface area (Å²) in [4.78, 5) is 0. The van der Waals surface area contributed by atoms with E-state index in [4.69, 9.17) is 4.43 Å². The summed E-state index contributed by atoms with van der Waals surface area (Å²) in [6.45, 7) is 11.3. The van der Waals surface area contributed by atoms with E-state index in [-0.39, 0.29) is 5.41 Å². The second kappa shape index (κ2) is 3.62. The molecule has 0 unspecified atom stereocenters. The summed E-state index contributed by atoms with van der Waals surface area (Å²) >= 11 is 0. The maximum absolute atomic E-state index is 6.23. The van der Waals surface area contributed by atoms with Gasteiger partial charge in [0.1, 0.15) is 0 Å². The Kier molecular flexibility index (Phi) is 2.65. The Morgan fingerprint density at radius 3 is 2.56 bits per heavy atom. The molecular formula is C14H22OSi. The second-order valence-electron chi connectivity index (χ2n) is 6.19. The van der Waals surface area contributed by atoms with Gasteiger partial charge in [-0.2, -0.15) is 0 Å². The van der Waals surface area contributed by atoms with Crippen molar-refractivity contribution < 1.29 is 4.43 Å². The number of fused-ring (bicyclic) bond motifs is 1. The standard InChI is InChI=1S/C14H22OSi/c1-11-8-9-14(2)12(10-11)6-7-13(14)15-16(3,4)5/h6-7,10H,8-9H2,1-5H3/t14-/m0/s1. The van der Waals surface area contributed by atoms with E-state index in [1.165, 1.54) is 29.7 Å². The lowest BCUT2D eigenvalue weighted by molar-refractivity contribution is 0.277. The molecule has 88 valence electrons. The van der Waals surface area contributed by atoms with Crippen molar-refractivity contribution in [2.75, 3.05) is 0 Å². The van der Waals surface area contributed by atoms with E-state index in [0.717, 1.165) is 0 Å². The quantitative estimate of drug-likeness (QED) is 0.643. The summed E-state index contributed by atoms with van der Waals surface area (Å²) < 4.78 is 6.23. The van der Waals surface area contributed by atoms with E-state index in [1.54, 1.807) is 0 Å². The molecule has 0 N–H and O–H groups in total. The molecule has 0 aromatic rings. The molecule has 0 saturated heterocycles. The third kappa shape index (κ3) is 2.03. The van der Waals surface area contributed by atoms with Gasteiger partial charge >= 0.3 is 0 Å². The minimum Gasteiger partial charge on any atom is -0.547 e. The largest absolute Gasteiger partial charge is 0.547 e. The zero-order valence-electron chi connectivity index (χ0n) is 11.1. The first-order valence-electron chi connectivity index (χ1n) is 6.10. The molecule has 0 aromatic heterocycles. The maximum atomic E-state index is 6.23. The molecule has 0 heterocycles. The lowest BCUT2D eigenvalue weighted by Gasteiger charge is -2.36. The van der Waals surface area contributed by atoms with Crippen LogP contribution in [-0.2, 0) is 4.43 Å². The maximum Gasteiger partial charge on any atom is 0.241 e. The molecule has 2 aliphatic rings. The fourth-order valence-corrected chi connectivity index (χ4v) is 3.36. The molecular weight excluding hydrogens is 212 g/mol. The zero-order chi connectivity index (χ0) is 12.0. The van der Waals surface area contributed by atoms with Gasteiger partial charge in [-0.3, -0.25) is 0 Å². The molecule has 2 rings (SSSR count). The second-order valence-corrected chi connectivity index (χ2v) is 10.6. The summed E-state index contributed by atoms with van der Waals surface area (Å²) in [5.74, 6) is 1.20. The average molecular weight is 234 g/mol. The van der Waals surface area contributed by atoms with Crippen LogP contribution in [0.4, 0.5) is 0 Å². The van der Waals surface area contributed by atoms with Crippen LogP contribution in [-0.4, -0.2) is 8.32 Å². The lowest BCUT2D eigenvalue weighted by Crippen LogP contribution is -2.32. The van der Waals surface area contributed by atoms with Crippen LogP contribution < -0.4 is 0 Å². The SMILES string of the molecule is CC1=CC2=CC=C(O[Si](C)(C)C)[C@@]2(C)CC1. The highest BCUT2D eigenvalue weighted by molar-refractivity contribution is 6.70. The number of allylic oxidation sites excluding steroid dienone is 5. The molecule has 1 nitrogen and oxygen atoms in total. The van der Waals surface area contributed by atoms with Gasteiger partial charge in [-0.05, 0) is 58.0 Å². The molecule has 0 aliphatic heterocycles. The van der Waals surface area contributed by atoms with E-state index in [1.807, 2.05) is 0 Å². The van der Waals surface area contributed by atoms with Crippen molar-refractivity contribution in [2.24, 2.45) is 5.41 Å². The van der Waals surface area contributed by atoms with Gasteiger partial charge in [0.15, 0.2) is 0 Å². The zero-order valence-corrected chi connectivity index (χ0v) is 12.1. The molecule has 0 fully saturated rings. The molecule has 0 spiro atoms. The highest BCUT2D eigenvalue weighted by Gasteiger charge is 2.40. The topological polar surface area (TPSA) is 9.23 Å². The number of rotatable bonds is 2. The van der Waals surface area contributed by atoms with Crippen LogP contribution in [0.3, 0.4) is 0 Å². The fourth-order valence-electron chi connectivity index (χ4n) is 2.41. The van der Waals surface area contributed by atoms with Gasteiger partial charge < -0.3 is 4.43 Å². The fraction of sp³-hybridized carbons (Fsp3) is 0.571. The van der Waals surface area contributed by atoms with E-state index < -0.39 is 8.32 Å². The Hall–Kier alpha value is -0.763. The molecule has 16 heavy (non-hydrogen) atoms. The molecule has 0 radical (unpaired) electrons. The Morgan fingerprint density at radius 2 is 1.94 bits per heavy atom. The van der Waals surface area contributed by atoms with Crippen molar-refractivity contribution in [3.05, 3.63) is 35.1 Å². The summed E-state index contributed by atoms with van der Waals surface area (Å²) in [5, 5.41) is 0. The van der Waals surface area contributed by atoms with Crippen molar-refractivity contribution in [2.45, 2.75) is 46.3 Å². The Balaban J connectivity index is 2.24. The first-order valence-corrected chi connectivity index (χ1v) is 9.51. The minimum atomic E-state index is -1.48. The van der Waals surface area contributed by atoms with Gasteiger partial charge in [0.25, 0.3) is 0 Å². The van der Waals surface area contributed by atoms with Crippen LogP contribution >= 0.6 is 0 Å². The molecule has 1 atom stereocenters. The van der Waals surface area contributed by atoms with Crippen LogP contribution in [0.2, 0.25) is 19.6 Å². The summed E-state index contributed by atoms with van der Waals surface area (Å²) in [6, 6.07) is 0. The van der Waals surface area contributed by atoms with E-state index in [2.05, 4.69) is 51.7 Å². The summed E-state index contributed by atoms with van der Waals surface area (Å²) in [7, 11) is -1.48. The molecule has 0 amide bonds. The molecule has 0 aromatic carbocycles. The van der Waals surface area contributed by atoms with Gasteiger partial charge in [0, 0.05) is 5.41 Å². The first kappa shape index (κ1) is 11.7. The highest BCUT2D eigenvalue weighted by atomic mass is 28.4. The number of hydrogen-bond donors (Lipinski definition) is 0. The van der Waals surface area contributed by atoms with Gasteiger partial charge in [-0.1, -0.05) is 17.7 Å². The third-order valence-electron chi connectivity index (χ3n) is 3.43. The van der Waals surface area contributed by atoms with Crippen molar-refractivity contribution in [1.29, 1.82) is 0 Å². The van der Waals surface area contributed by atoms with Crippen LogP contribution in [0.25, 0.3) is 0 Å². The Bertz CT molecular complexity index is 395. The molecule has 2 aliphatic carbocycles. The first-order chi connectivity index (χ1) is 7.31.